The molecule has 92 valence electrons. The predicted molar refractivity (Wildman–Crippen MR) is 63.4 cm³/mol. The van der Waals surface area contributed by atoms with E-state index >= 15 is 0 Å². The van der Waals surface area contributed by atoms with Gasteiger partial charge in [0.25, 0.3) is 0 Å². The number of hydrogen-bond donors (Lipinski definition) is 0. The lowest BCUT2D eigenvalue weighted by atomic mass is 9.87. The Morgan fingerprint density at radius 1 is 1.35 bits per heavy atom. The molecular formula is C14H18O3. The molecule has 0 bridgehead atoms. The van der Waals surface area contributed by atoms with Gasteiger partial charge in [-0.05, 0) is 32.6 Å². The molecule has 0 saturated carbocycles. The van der Waals surface area contributed by atoms with Crippen molar-refractivity contribution in [2.45, 2.75) is 50.9 Å². The van der Waals surface area contributed by atoms with E-state index in [1.165, 1.54) is 5.57 Å². The maximum absolute atomic E-state index is 11.6. The SMILES string of the molecule is C=C1C(=O)O[C@@H]2[C@@H]3O[C@H]3CC/C=C(\C)CC[C@@H]12. The van der Waals surface area contributed by atoms with Crippen LogP contribution in [0.2, 0.25) is 0 Å². The van der Waals surface area contributed by atoms with Crippen molar-refractivity contribution in [2.24, 2.45) is 5.92 Å². The maximum Gasteiger partial charge on any atom is 0.334 e. The van der Waals surface area contributed by atoms with E-state index in [0.717, 1.165) is 25.7 Å². The van der Waals surface area contributed by atoms with Gasteiger partial charge in [0.05, 0.1) is 6.10 Å². The van der Waals surface area contributed by atoms with Crippen molar-refractivity contribution < 1.29 is 14.3 Å². The summed E-state index contributed by atoms with van der Waals surface area (Å²) in [6.07, 6.45) is 6.69. The fourth-order valence-electron chi connectivity index (χ4n) is 2.92. The van der Waals surface area contributed by atoms with Gasteiger partial charge in [-0.1, -0.05) is 18.2 Å². The monoisotopic (exact) mass is 234 g/mol. The molecule has 3 nitrogen and oxygen atoms in total. The first-order valence-corrected chi connectivity index (χ1v) is 6.37. The summed E-state index contributed by atoms with van der Waals surface area (Å²) in [5.41, 5.74) is 2.03. The minimum absolute atomic E-state index is 0.0779. The number of rotatable bonds is 0. The Hall–Kier alpha value is -1.09. The van der Waals surface area contributed by atoms with Crippen molar-refractivity contribution in [2.75, 3.05) is 0 Å². The second-order valence-corrected chi connectivity index (χ2v) is 5.31. The fraction of sp³-hybridized carbons (Fsp3) is 0.643. The van der Waals surface area contributed by atoms with Crippen molar-refractivity contribution in [3.8, 4) is 0 Å². The van der Waals surface area contributed by atoms with Gasteiger partial charge in [-0.25, -0.2) is 4.79 Å². The zero-order valence-electron chi connectivity index (χ0n) is 10.1. The highest BCUT2D eigenvalue weighted by Crippen LogP contribution is 2.42. The van der Waals surface area contributed by atoms with Crippen LogP contribution in [0.15, 0.2) is 23.8 Å². The first-order chi connectivity index (χ1) is 8.16. The molecule has 2 saturated heterocycles. The number of carbonyl (C=O) groups excluding carboxylic acids is 1. The Labute approximate surface area is 101 Å². The van der Waals surface area contributed by atoms with Crippen LogP contribution in [-0.4, -0.2) is 24.3 Å². The van der Waals surface area contributed by atoms with Gasteiger partial charge in [-0.2, -0.15) is 0 Å². The summed E-state index contributed by atoms with van der Waals surface area (Å²) < 4.78 is 11.1. The van der Waals surface area contributed by atoms with Gasteiger partial charge in [0.15, 0.2) is 0 Å². The summed E-state index contributed by atoms with van der Waals surface area (Å²) in [6.45, 7) is 6.03. The standard InChI is InChI=1S/C14H18O3/c1-8-4-3-5-11-13(16-11)12-10(7-6-8)9(2)14(15)17-12/h4,10-13H,2-3,5-7H2,1H3/b8-4+/t10-,11-,12-,13+/m0/s1. The number of epoxide rings is 1. The summed E-state index contributed by atoms with van der Waals surface area (Å²) in [6, 6.07) is 0. The van der Waals surface area contributed by atoms with E-state index in [2.05, 4.69) is 19.6 Å². The van der Waals surface area contributed by atoms with E-state index < -0.39 is 0 Å². The van der Waals surface area contributed by atoms with E-state index in [1.54, 1.807) is 0 Å². The fourth-order valence-corrected chi connectivity index (χ4v) is 2.92. The summed E-state index contributed by atoms with van der Waals surface area (Å²) in [7, 11) is 0. The van der Waals surface area contributed by atoms with E-state index in [4.69, 9.17) is 9.47 Å². The van der Waals surface area contributed by atoms with Crippen LogP contribution in [0.25, 0.3) is 0 Å². The summed E-state index contributed by atoms with van der Waals surface area (Å²) in [4.78, 5) is 11.6. The summed E-state index contributed by atoms with van der Waals surface area (Å²) >= 11 is 0. The first kappa shape index (κ1) is 11.0. The Kier molecular flexibility index (Phi) is 2.58. The van der Waals surface area contributed by atoms with Gasteiger partial charge < -0.3 is 9.47 Å². The van der Waals surface area contributed by atoms with Crippen molar-refractivity contribution >= 4 is 5.97 Å². The third kappa shape index (κ3) is 1.93. The molecule has 2 aliphatic heterocycles. The smallest absolute Gasteiger partial charge is 0.334 e. The third-order valence-electron chi connectivity index (χ3n) is 4.09. The van der Waals surface area contributed by atoms with Crippen molar-refractivity contribution in [3.63, 3.8) is 0 Å². The average Bonchev–Trinajstić information content (AvgIpc) is 3.00. The topological polar surface area (TPSA) is 38.8 Å². The van der Waals surface area contributed by atoms with Gasteiger partial charge in [0, 0.05) is 11.5 Å². The molecule has 0 amide bonds. The lowest BCUT2D eigenvalue weighted by molar-refractivity contribution is -0.140. The van der Waals surface area contributed by atoms with Crippen molar-refractivity contribution in [1.82, 2.24) is 0 Å². The largest absolute Gasteiger partial charge is 0.455 e. The van der Waals surface area contributed by atoms with Crippen LogP contribution in [0.4, 0.5) is 0 Å². The second-order valence-electron chi connectivity index (χ2n) is 5.31. The molecule has 3 heteroatoms. The molecule has 0 radical (unpaired) electrons. The predicted octanol–water partition coefficient (Wildman–Crippen LogP) is 2.37. The summed E-state index contributed by atoms with van der Waals surface area (Å²) in [5, 5.41) is 0. The van der Waals surface area contributed by atoms with E-state index in [1.807, 2.05) is 0 Å². The molecule has 3 aliphatic rings. The lowest BCUT2D eigenvalue weighted by Gasteiger charge is -2.17. The number of allylic oxidation sites excluding steroid dienone is 2. The molecule has 2 fully saturated rings. The normalized spacial score (nSPS) is 44.2. The zero-order chi connectivity index (χ0) is 12.0. The van der Waals surface area contributed by atoms with Crippen LogP contribution in [-0.2, 0) is 14.3 Å². The van der Waals surface area contributed by atoms with Crippen LogP contribution < -0.4 is 0 Å². The van der Waals surface area contributed by atoms with Crippen LogP contribution in [0, 0.1) is 5.92 Å². The van der Waals surface area contributed by atoms with Crippen molar-refractivity contribution in [3.05, 3.63) is 23.8 Å². The Balaban J connectivity index is 1.82. The number of ether oxygens (including phenoxy) is 2. The lowest BCUT2D eigenvalue weighted by Crippen LogP contribution is -2.25. The molecule has 1 aliphatic carbocycles. The molecule has 4 atom stereocenters. The first-order valence-electron chi connectivity index (χ1n) is 6.37. The van der Waals surface area contributed by atoms with Crippen LogP contribution in [0.1, 0.15) is 32.6 Å². The molecule has 17 heavy (non-hydrogen) atoms. The Morgan fingerprint density at radius 3 is 3.00 bits per heavy atom. The highest BCUT2D eigenvalue weighted by molar-refractivity contribution is 5.90. The molecule has 0 aromatic rings. The number of fused-ring (bicyclic) bond motifs is 3. The quantitative estimate of drug-likeness (QED) is 0.279. The molecule has 0 aromatic heterocycles. The van der Waals surface area contributed by atoms with E-state index in [9.17, 15) is 4.79 Å². The Morgan fingerprint density at radius 2 is 2.18 bits per heavy atom. The van der Waals surface area contributed by atoms with E-state index in [-0.39, 0.29) is 30.2 Å². The number of esters is 1. The second kappa shape index (κ2) is 3.98. The maximum atomic E-state index is 11.6. The number of carbonyl (C=O) groups is 1. The molecule has 0 spiro atoms. The van der Waals surface area contributed by atoms with Gasteiger partial charge in [0.2, 0.25) is 0 Å². The molecule has 3 rings (SSSR count). The van der Waals surface area contributed by atoms with Gasteiger partial charge in [-0.3, -0.25) is 0 Å². The van der Waals surface area contributed by atoms with Crippen LogP contribution in [0.3, 0.4) is 0 Å². The van der Waals surface area contributed by atoms with Gasteiger partial charge in [-0.15, -0.1) is 0 Å². The number of hydrogen-bond acceptors (Lipinski definition) is 3. The molecular weight excluding hydrogens is 216 g/mol. The zero-order valence-corrected chi connectivity index (χ0v) is 10.1. The average molecular weight is 234 g/mol. The molecule has 2 heterocycles. The molecule has 0 aromatic carbocycles. The summed E-state index contributed by atoms with van der Waals surface area (Å²) in [5.74, 6) is -0.0749. The highest BCUT2D eigenvalue weighted by Gasteiger charge is 2.53. The van der Waals surface area contributed by atoms with E-state index in [0.29, 0.717) is 5.57 Å². The van der Waals surface area contributed by atoms with Crippen LogP contribution >= 0.6 is 0 Å². The molecule has 0 unspecified atom stereocenters. The molecule has 0 N–H and O–H groups in total. The minimum atomic E-state index is -0.227. The Bertz CT molecular complexity index is 396. The minimum Gasteiger partial charge on any atom is -0.455 e. The van der Waals surface area contributed by atoms with Gasteiger partial charge in [0.1, 0.15) is 12.2 Å². The van der Waals surface area contributed by atoms with Gasteiger partial charge >= 0.3 is 5.97 Å². The van der Waals surface area contributed by atoms with Crippen LogP contribution in [0.5, 0.6) is 0 Å². The van der Waals surface area contributed by atoms with Crippen molar-refractivity contribution in [1.29, 1.82) is 0 Å². The third-order valence-corrected chi connectivity index (χ3v) is 4.09. The highest BCUT2D eigenvalue weighted by atomic mass is 16.6.